The number of piperidine rings is 2. The van der Waals surface area contributed by atoms with Crippen LogP contribution in [0.3, 0.4) is 0 Å². The van der Waals surface area contributed by atoms with Gasteiger partial charge in [0.15, 0.2) is 51.4 Å². The number of nitrogens with two attached hydrogens (primary N) is 2. The SMILES string of the molecule is C#CCC1CCN(C(=O)Oc2ccc(C)cc2)CC1.CCNC(=O)[C@H]1O[C@@H](n2cnc3c(N)nc(C#CCC4CCN(C(=O)Oc5ccc(C)cc5)CC4)nc32)[C@@H](O)C1O.CCNC(=O)[C@H]1O[C@@H](n2cnc3c(N)nc(I)nc32)[C@@H](O)C1O. The number of aromatic nitrogens is 8. The third-order valence-electron chi connectivity index (χ3n) is 14.3. The predicted molar refractivity (Wildman–Crippen MR) is 309 cm³/mol. The van der Waals surface area contributed by atoms with Crippen LogP contribution in [-0.2, 0) is 19.1 Å². The van der Waals surface area contributed by atoms with Gasteiger partial charge in [-0.25, -0.2) is 39.5 Å². The Morgan fingerprint density at radius 3 is 1.51 bits per heavy atom. The highest BCUT2D eigenvalue weighted by Gasteiger charge is 2.49. The number of aliphatic hydroxyl groups is 4. The Morgan fingerprint density at radius 2 is 1.07 bits per heavy atom. The number of aliphatic hydroxyl groups excluding tert-OH is 4. The van der Waals surface area contributed by atoms with E-state index in [1.807, 2.05) is 72.8 Å². The number of hydrogen-bond donors (Lipinski definition) is 8. The molecule has 26 nitrogen and oxygen atoms in total. The van der Waals surface area contributed by atoms with Crippen molar-refractivity contribution in [1.29, 1.82) is 0 Å². The first-order chi connectivity index (χ1) is 39.9. The van der Waals surface area contributed by atoms with Crippen LogP contribution in [0.15, 0.2) is 61.2 Å². The number of aryl methyl sites for hydroxylation is 2. The van der Waals surface area contributed by atoms with Gasteiger partial charge in [0.2, 0.25) is 5.82 Å². The zero-order valence-corrected chi connectivity index (χ0v) is 48.3. The smallest absolute Gasteiger partial charge is 0.410 e. The maximum Gasteiger partial charge on any atom is 0.415 e. The van der Waals surface area contributed by atoms with E-state index in [9.17, 15) is 39.6 Å². The highest BCUT2D eigenvalue weighted by molar-refractivity contribution is 14.1. The van der Waals surface area contributed by atoms with Gasteiger partial charge in [0.25, 0.3) is 11.8 Å². The van der Waals surface area contributed by atoms with Crippen LogP contribution in [0.4, 0.5) is 21.2 Å². The van der Waals surface area contributed by atoms with Gasteiger partial charge < -0.3 is 71.3 Å². The first-order valence-corrected chi connectivity index (χ1v) is 28.2. The molecule has 4 aliphatic rings. The van der Waals surface area contributed by atoms with Crippen molar-refractivity contribution in [2.45, 2.75) is 115 Å². The highest BCUT2D eigenvalue weighted by Crippen LogP contribution is 2.34. The van der Waals surface area contributed by atoms with E-state index in [-0.39, 0.29) is 40.8 Å². The molecule has 10 N–H and O–H groups in total. The lowest BCUT2D eigenvalue weighted by molar-refractivity contribution is -0.138. The quantitative estimate of drug-likeness (QED) is 0.0555. The summed E-state index contributed by atoms with van der Waals surface area (Å²) in [6.07, 6.45) is 2.31. The Morgan fingerprint density at radius 1 is 0.651 bits per heavy atom. The van der Waals surface area contributed by atoms with Crippen LogP contribution in [0.2, 0.25) is 0 Å². The Hall–Kier alpha value is -7.77. The number of halogens is 1. The number of carbonyl (C=O) groups is 4. The van der Waals surface area contributed by atoms with Crippen molar-refractivity contribution >= 4 is 80.6 Å². The summed E-state index contributed by atoms with van der Waals surface area (Å²) in [6, 6.07) is 14.9. The van der Waals surface area contributed by atoms with Crippen molar-refractivity contribution in [1.82, 2.24) is 59.5 Å². The second kappa shape index (κ2) is 28.0. The second-order valence-corrected chi connectivity index (χ2v) is 21.2. The van der Waals surface area contributed by atoms with E-state index in [1.165, 1.54) is 21.8 Å². The molecule has 6 aromatic rings. The first-order valence-electron chi connectivity index (χ1n) is 27.1. The fourth-order valence-electron chi connectivity index (χ4n) is 9.66. The third-order valence-corrected chi connectivity index (χ3v) is 14.8. The van der Waals surface area contributed by atoms with Crippen LogP contribution in [0.1, 0.15) is 81.8 Å². The van der Waals surface area contributed by atoms with Gasteiger partial charge in [-0.3, -0.25) is 18.7 Å². The van der Waals surface area contributed by atoms with Gasteiger partial charge in [-0.2, -0.15) is 0 Å². The number of nitrogens with one attached hydrogen (secondary N) is 2. The zero-order valence-electron chi connectivity index (χ0n) is 46.2. The topological polar surface area (TPSA) is 356 Å². The van der Waals surface area contributed by atoms with E-state index < -0.39 is 60.9 Å². The van der Waals surface area contributed by atoms with Gasteiger partial charge in [0.05, 0.1) is 12.7 Å². The number of amides is 4. The largest absolute Gasteiger partial charge is 0.415 e. The van der Waals surface area contributed by atoms with Crippen LogP contribution in [-0.4, -0.2) is 169 Å². The summed E-state index contributed by atoms with van der Waals surface area (Å²) in [7, 11) is 0. The summed E-state index contributed by atoms with van der Waals surface area (Å²) >= 11 is 1.91. The van der Waals surface area contributed by atoms with Gasteiger partial charge in [-0.1, -0.05) is 41.3 Å². The molecule has 4 aromatic heterocycles. The van der Waals surface area contributed by atoms with Crippen LogP contribution in [0.25, 0.3) is 22.3 Å². The minimum absolute atomic E-state index is 0.103. The number of nitrogen functional groups attached to an aromatic ring is 2. The van der Waals surface area contributed by atoms with Crippen molar-refractivity contribution in [2.24, 2.45) is 11.8 Å². The lowest BCUT2D eigenvalue weighted by atomic mass is 9.94. The summed E-state index contributed by atoms with van der Waals surface area (Å²) in [5, 5.41) is 46.4. The summed E-state index contributed by atoms with van der Waals surface area (Å²) < 4.78 is 25.3. The maximum atomic E-state index is 12.5. The van der Waals surface area contributed by atoms with Crippen molar-refractivity contribution in [2.75, 3.05) is 50.7 Å². The number of imidazole rings is 2. The maximum absolute atomic E-state index is 12.5. The molecular formula is C56H67IN14O12. The summed E-state index contributed by atoms with van der Waals surface area (Å²) in [4.78, 5) is 77.4. The molecule has 2 unspecified atom stereocenters. The predicted octanol–water partition coefficient (Wildman–Crippen LogP) is 3.12. The Bertz CT molecular complexity index is 3350. The number of likely N-dealkylation sites (N-methyl/N-ethyl adjacent to an activating group) is 2. The van der Waals surface area contributed by atoms with E-state index in [0.29, 0.717) is 70.9 Å². The summed E-state index contributed by atoms with van der Waals surface area (Å²) in [5.74, 6) is 10.2. The number of nitrogens with zero attached hydrogens (tertiary/aromatic N) is 10. The molecule has 4 saturated heterocycles. The van der Waals surface area contributed by atoms with E-state index >= 15 is 0 Å². The average Bonchev–Trinajstić information content (AvgIpc) is 3.00. The molecule has 4 fully saturated rings. The van der Waals surface area contributed by atoms with Crippen LogP contribution in [0, 0.1) is 53.7 Å². The molecule has 440 valence electrons. The number of ether oxygens (including phenoxy) is 4. The molecule has 0 bridgehead atoms. The Labute approximate surface area is 491 Å². The van der Waals surface area contributed by atoms with Gasteiger partial charge in [0, 0.05) is 74.7 Å². The fourth-order valence-corrected chi connectivity index (χ4v) is 10.2. The fraction of sp³-hybridized carbons (Fsp3) is 0.464. The van der Waals surface area contributed by atoms with Crippen molar-refractivity contribution in [3.05, 3.63) is 82.0 Å². The number of hydrogen-bond acceptors (Lipinski definition) is 20. The summed E-state index contributed by atoms with van der Waals surface area (Å²) in [5.41, 5.74) is 15.4. The molecule has 8 heterocycles. The number of rotatable bonds is 10. The monoisotopic (exact) mass is 1250 g/mol. The molecule has 0 saturated carbocycles. The molecule has 8 atom stereocenters. The average molecular weight is 1260 g/mol. The van der Waals surface area contributed by atoms with Gasteiger partial charge in [-0.15, -0.1) is 12.3 Å². The van der Waals surface area contributed by atoms with E-state index in [4.69, 9.17) is 36.8 Å². The minimum Gasteiger partial charge on any atom is -0.410 e. The van der Waals surface area contributed by atoms with Crippen molar-refractivity contribution in [3.63, 3.8) is 0 Å². The molecule has 4 aliphatic heterocycles. The van der Waals surface area contributed by atoms with Crippen molar-refractivity contribution in [3.8, 4) is 35.7 Å². The Kier molecular flexibility index (Phi) is 20.7. The summed E-state index contributed by atoms with van der Waals surface area (Å²) in [6.45, 7) is 10.8. The number of benzene rings is 2. The van der Waals surface area contributed by atoms with Crippen LogP contribution in [0.5, 0.6) is 11.5 Å². The Balaban J connectivity index is 0.000000180. The molecule has 4 amide bonds. The number of carbonyl (C=O) groups excluding carboxylic acids is 4. The van der Waals surface area contributed by atoms with Crippen LogP contribution < -0.4 is 31.6 Å². The molecule has 27 heteroatoms. The molecular weight excluding hydrogens is 1190 g/mol. The van der Waals surface area contributed by atoms with E-state index in [1.54, 1.807) is 35.8 Å². The van der Waals surface area contributed by atoms with Gasteiger partial charge in [-0.05, 0) is 95.4 Å². The van der Waals surface area contributed by atoms with E-state index in [0.717, 1.165) is 56.3 Å². The normalized spacial score (nSPS) is 22.5. The molecule has 10 rings (SSSR count). The number of likely N-dealkylation sites (tertiary alicyclic amines) is 2. The molecule has 0 radical (unpaired) electrons. The minimum atomic E-state index is -1.43. The van der Waals surface area contributed by atoms with Crippen LogP contribution >= 0.6 is 22.6 Å². The molecule has 2 aromatic carbocycles. The number of fused-ring (bicyclic) bond motifs is 2. The van der Waals surface area contributed by atoms with Gasteiger partial charge in [0.1, 0.15) is 46.9 Å². The standard InChI is InChI=1S/C28H33N7O6.C16H19NO2.C12H15IN6O4/c1-3-30-26(38)23-21(36)22(37)27(41-23)35-15-31-20-24(29)32-19(33-25(20)35)6-4-5-17-11-13-34(14-12-17)28(39)40-18-9-7-16(2)8-10-18;1-3-4-14-9-11-17(12-10-14)16(18)19-15-7-5-13(2)6-8-15;1-2-15-10(22)7-5(20)6(21)11(23-7)19-3-16-4-8(14)17-12(13)18-9(4)19/h7-10,15,17,21-23,27,36-37H,3,5,11-14H2,1-2H3,(H,30,38)(H2,29,32,33);1,5-8,14H,4,9-12H2,2H3;3,5-7,11,20-21H,2H2,1H3,(H,15,22)(H2,14,17,18)/t21?,22-,23-,27+;;5?,6-,7-,11+/m0.0/s1. The lowest BCUT2D eigenvalue weighted by Crippen LogP contribution is -2.42. The zero-order chi connectivity index (χ0) is 59.5. The van der Waals surface area contributed by atoms with Crippen molar-refractivity contribution < 1.29 is 58.6 Å². The van der Waals surface area contributed by atoms with E-state index in [2.05, 4.69) is 58.3 Å². The molecule has 0 aliphatic carbocycles. The molecule has 0 spiro atoms. The number of terminal acetylenes is 1. The second-order valence-electron chi connectivity index (χ2n) is 20.2. The molecule has 83 heavy (non-hydrogen) atoms. The lowest BCUT2D eigenvalue weighted by Gasteiger charge is -2.30. The highest BCUT2D eigenvalue weighted by atomic mass is 127. The third kappa shape index (κ3) is 14.9. The first kappa shape index (κ1) is 61.3. The van der Waals surface area contributed by atoms with Gasteiger partial charge >= 0.3 is 12.2 Å². The number of anilines is 2.